The highest BCUT2D eigenvalue weighted by Gasteiger charge is 2.23. The molecular weight excluding hydrogens is 426 g/mol. The Morgan fingerprint density at radius 2 is 1.88 bits per heavy atom. The number of aromatic nitrogens is 2. The maximum Gasteiger partial charge on any atom is 0.271 e. The minimum Gasteiger partial charge on any atom is -0.347 e. The molecular formula is C16H17BrClN5O3. The molecule has 0 radical (unpaired) electrons. The first-order valence-electron chi connectivity index (χ1n) is 7.54. The number of nitrogens with zero attached hydrogens (tertiary/aromatic N) is 2. The largest absolute Gasteiger partial charge is 0.347 e. The van der Waals surface area contributed by atoms with Crippen LogP contribution >= 0.6 is 27.5 Å². The molecule has 0 aliphatic heterocycles. The molecule has 0 saturated carbocycles. The Bertz CT molecular complexity index is 852. The van der Waals surface area contributed by atoms with Crippen molar-refractivity contribution in [2.45, 2.75) is 13.0 Å². The van der Waals surface area contributed by atoms with Crippen molar-refractivity contribution in [1.82, 2.24) is 20.4 Å². The molecule has 0 unspecified atom stereocenters. The summed E-state index contributed by atoms with van der Waals surface area (Å²) in [6, 6.07) is 5.84. The highest BCUT2D eigenvalue weighted by molar-refractivity contribution is 9.10. The van der Waals surface area contributed by atoms with Crippen molar-refractivity contribution in [3.63, 3.8) is 0 Å². The van der Waals surface area contributed by atoms with Gasteiger partial charge in [-0.15, -0.1) is 0 Å². The van der Waals surface area contributed by atoms with Crippen LogP contribution in [0.1, 0.15) is 27.8 Å². The molecule has 0 bridgehead atoms. The number of rotatable bonds is 5. The number of H-pyrrole nitrogens is 1. The summed E-state index contributed by atoms with van der Waals surface area (Å²) in [6.07, 6.45) is 0. The maximum absolute atomic E-state index is 12.3. The fourth-order valence-electron chi connectivity index (χ4n) is 2.10. The molecule has 0 saturated heterocycles. The molecule has 0 aliphatic carbocycles. The van der Waals surface area contributed by atoms with Crippen LogP contribution in [0.15, 0.2) is 28.7 Å². The lowest BCUT2D eigenvalue weighted by Gasteiger charge is -2.17. The molecule has 1 heterocycles. The summed E-state index contributed by atoms with van der Waals surface area (Å²) in [5, 5.41) is 11.9. The molecule has 138 valence electrons. The molecule has 0 aliphatic rings. The third-order valence-electron chi connectivity index (χ3n) is 3.44. The summed E-state index contributed by atoms with van der Waals surface area (Å²) in [6.45, 7) is 1.57. The average molecular weight is 443 g/mol. The molecule has 1 atom stereocenters. The molecule has 0 fully saturated rings. The number of benzene rings is 1. The smallest absolute Gasteiger partial charge is 0.271 e. The van der Waals surface area contributed by atoms with E-state index in [0.29, 0.717) is 5.02 Å². The second kappa shape index (κ2) is 8.33. The fourth-order valence-corrected chi connectivity index (χ4v) is 2.78. The SMILES string of the molecule is C[C@@H](NC(=O)c1[nH]nc(NC(=O)c2ccccc2Cl)c1Br)C(=O)N(C)C. The van der Waals surface area contributed by atoms with Gasteiger partial charge in [-0.2, -0.15) is 5.10 Å². The van der Waals surface area contributed by atoms with E-state index in [0.717, 1.165) is 0 Å². The van der Waals surface area contributed by atoms with Gasteiger partial charge in [-0.25, -0.2) is 0 Å². The van der Waals surface area contributed by atoms with E-state index in [1.54, 1.807) is 45.3 Å². The van der Waals surface area contributed by atoms with Crippen LogP contribution in [0.25, 0.3) is 0 Å². The second-order valence-electron chi connectivity index (χ2n) is 5.62. The molecule has 1 aromatic heterocycles. The van der Waals surface area contributed by atoms with E-state index < -0.39 is 17.9 Å². The van der Waals surface area contributed by atoms with Gasteiger partial charge in [0.25, 0.3) is 11.8 Å². The second-order valence-corrected chi connectivity index (χ2v) is 6.82. The van der Waals surface area contributed by atoms with Gasteiger partial charge in [0.05, 0.1) is 15.1 Å². The van der Waals surface area contributed by atoms with Crippen LogP contribution in [0, 0.1) is 0 Å². The number of likely N-dealkylation sites (N-methyl/N-ethyl adjacent to an activating group) is 1. The van der Waals surface area contributed by atoms with Gasteiger partial charge in [-0.05, 0) is 35.0 Å². The highest BCUT2D eigenvalue weighted by atomic mass is 79.9. The number of halogens is 2. The van der Waals surface area contributed by atoms with Gasteiger partial charge in [0, 0.05) is 14.1 Å². The number of aromatic amines is 1. The molecule has 1 aromatic carbocycles. The van der Waals surface area contributed by atoms with Crippen LogP contribution in [-0.2, 0) is 4.79 Å². The van der Waals surface area contributed by atoms with Crippen molar-refractivity contribution in [3.05, 3.63) is 45.0 Å². The first-order chi connectivity index (χ1) is 12.2. The first kappa shape index (κ1) is 19.9. The zero-order chi connectivity index (χ0) is 19.4. The minimum atomic E-state index is -0.714. The molecule has 2 aromatic rings. The molecule has 8 nitrogen and oxygen atoms in total. The summed E-state index contributed by atoms with van der Waals surface area (Å²) in [4.78, 5) is 37.8. The van der Waals surface area contributed by atoms with Gasteiger partial charge in [0.1, 0.15) is 11.7 Å². The van der Waals surface area contributed by atoms with Crippen LogP contribution in [-0.4, -0.2) is 53.0 Å². The summed E-state index contributed by atoms with van der Waals surface area (Å²) in [7, 11) is 3.19. The van der Waals surface area contributed by atoms with Crippen molar-refractivity contribution < 1.29 is 14.4 Å². The molecule has 3 amide bonds. The molecule has 26 heavy (non-hydrogen) atoms. The van der Waals surface area contributed by atoms with Crippen molar-refractivity contribution >= 4 is 51.1 Å². The predicted octanol–water partition coefficient (Wildman–Crippen LogP) is 2.28. The van der Waals surface area contributed by atoms with E-state index in [2.05, 4.69) is 36.8 Å². The quantitative estimate of drug-likeness (QED) is 0.660. The van der Waals surface area contributed by atoms with E-state index >= 15 is 0 Å². The summed E-state index contributed by atoms with van der Waals surface area (Å²) < 4.78 is 0.264. The number of carbonyl (C=O) groups is 3. The van der Waals surface area contributed by atoms with E-state index in [4.69, 9.17) is 11.6 Å². The number of hydrogen-bond acceptors (Lipinski definition) is 4. The Balaban J connectivity index is 2.12. The molecule has 3 N–H and O–H groups in total. The normalized spacial score (nSPS) is 11.6. The minimum absolute atomic E-state index is 0.0814. The van der Waals surface area contributed by atoms with E-state index in [1.807, 2.05) is 0 Å². The predicted molar refractivity (Wildman–Crippen MR) is 101 cm³/mol. The number of amides is 3. The van der Waals surface area contributed by atoms with Gasteiger partial charge in [-0.1, -0.05) is 23.7 Å². The topological polar surface area (TPSA) is 107 Å². The Hall–Kier alpha value is -2.39. The van der Waals surface area contributed by atoms with Crippen molar-refractivity contribution in [1.29, 1.82) is 0 Å². The fraction of sp³-hybridized carbons (Fsp3) is 0.250. The molecule has 10 heteroatoms. The summed E-state index contributed by atoms with van der Waals surface area (Å²) in [5.74, 6) is -1.12. The van der Waals surface area contributed by atoms with Gasteiger partial charge < -0.3 is 15.5 Å². The van der Waals surface area contributed by atoms with Gasteiger partial charge >= 0.3 is 0 Å². The monoisotopic (exact) mass is 441 g/mol. The lowest BCUT2D eigenvalue weighted by molar-refractivity contribution is -0.130. The number of carbonyl (C=O) groups excluding carboxylic acids is 3. The van der Waals surface area contributed by atoms with Crippen LogP contribution in [0.5, 0.6) is 0 Å². The Labute approximate surface area is 163 Å². The Morgan fingerprint density at radius 3 is 2.50 bits per heavy atom. The lowest BCUT2D eigenvalue weighted by atomic mass is 10.2. The number of anilines is 1. The summed E-state index contributed by atoms with van der Waals surface area (Å²) in [5.41, 5.74) is 0.359. The molecule has 2 rings (SSSR count). The van der Waals surface area contributed by atoms with Gasteiger partial charge in [0.15, 0.2) is 5.82 Å². The highest BCUT2D eigenvalue weighted by Crippen LogP contribution is 2.25. The van der Waals surface area contributed by atoms with E-state index in [9.17, 15) is 14.4 Å². The Kier molecular flexibility index (Phi) is 6.38. The first-order valence-corrected chi connectivity index (χ1v) is 8.71. The average Bonchev–Trinajstić information content (AvgIpc) is 2.95. The van der Waals surface area contributed by atoms with Gasteiger partial charge in [0.2, 0.25) is 5.91 Å². The molecule has 0 spiro atoms. The third kappa shape index (κ3) is 4.41. The van der Waals surface area contributed by atoms with Crippen LogP contribution in [0.3, 0.4) is 0 Å². The number of hydrogen-bond donors (Lipinski definition) is 3. The number of nitrogens with one attached hydrogen (secondary N) is 3. The van der Waals surface area contributed by atoms with Crippen molar-refractivity contribution in [3.8, 4) is 0 Å². The van der Waals surface area contributed by atoms with Crippen molar-refractivity contribution in [2.24, 2.45) is 0 Å². The third-order valence-corrected chi connectivity index (χ3v) is 4.54. The maximum atomic E-state index is 12.3. The standard InChI is InChI=1S/C16H17BrClN5O3/c1-8(16(26)23(2)3)19-15(25)12-11(17)13(22-21-12)20-14(24)9-6-4-5-7-10(9)18/h4-8H,1-3H3,(H,19,25)(H2,20,21,22,24)/t8-/m1/s1. The summed E-state index contributed by atoms with van der Waals surface area (Å²) >= 11 is 9.22. The van der Waals surface area contributed by atoms with E-state index in [-0.39, 0.29) is 27.5 Å². The zero-order valence-electron chi connectivity index (χ0n) is 14.3. The lowest BCUT2D eigenvalue weighted by Crippen LogP contribution is -2.44. The van der Waals surface area contributed by atoms with Gasteiger partial charge in [-0.3, -0.25) is 19.5 Å². The van der Waals surface area contributed by atoms with Crippen LogP contribution in [0.4, 0.5) is 5.82 Å². The van der Waals surface area contributed by atoms with Crippen molar-refractivity contribution in [2.75, 3.05) is 19.4 Å². The zero-order valence-corrected chi connectivity index (χ0v) is 16.6. The van der Waals surface area contributed by atoms with Crippen LogP contribution in [0.2, 0.25) is 5.02 Å². The Morgan fingerprint density at radius 1 is 1.23 bits per heavy atom. The van der Waals surface area contributed by atoms with Crippen LogP contribution < -0.4 is 10.6 Å². The van der Waals surface area contributed by atoms with E-state index in [1.165, 1.54) is 4.90 Å².